The summed E-state index contributed by atoms with van der Waals surface area (Å²) in [4.78, 5) is 33.4. The van der Waals surface area contributed by atoms with E-state index >= 15 is 0 Å². The van der Waals surface area contributed by atoms with Gasteiger partial charge in [-0.1, -0.05) is 17.7 Å². The van der Waals surface area contributed by atoms with Gasteiger partial charge in [0.05, 0.1) is 31.0 Å². The molecule has 0 aliphatic carbocycles. The molecule has 1 aliphatic rings. The highest BCUT2D eigenvalue weighted by Crippen LogP contribution is 2.31. The van der Waals surface area contributed by atoms with Crippen molar-refractivity contribution in [2.45, 2.75) is 39.3 Å². The summed E-state index contributed by atoms with van der Waals surface area (Å²) < 4.78 is 13.0. The molecule has 0 radical (unpaired) electrons. The molecule has 0 unspecified atom stereocenters. The second-order valence-corrected chi connectivity index (χ2v) is 8.96. The van der Waals surface area contributed by atoms with Crippen LogP contribution in [0.15, 0.2) is 35.4 Å². The van der Waals surface area contributed by atoms with Gasteiger partial charge in [0.2, 0.25) is 0 Å². The number of nitrogens with zero attached hydrogens (tertiary/aromatic N) is 3. The Balaban J connectivity index is 1.71. The fourth-order valence-electron chi connectivity index (χ4n) is 3.81. The molecule has 1 amide bonds. The number of hydrogen-bond acceptors (Lipinski definition) is 5. The number of halogens is 1. The van der Waals surface area contributed by atoms with Crippen molar-refractivity contribution in [1.29, 1.82) is 0 Å². The van der Waals surface area contributed by atoms with Gasteiger partial charge in [-0.2, -0.15) is 0 Å². The van der Waals surface area contributed by atoms with Crippen LogP contribution in [0.4, 0.5) is 4.79 Å². The van der Waals surface area contributed by atoms with Gasteiger partial charge in [0, 0.05) is 12.2 Å². The molecule has 3 aromatic rings. The van der Waals surface area contributed by atoms with Crippen molar-refractivity contribution in [2.75, 3.05) is 19.8 Å². The van der Waals surface area contributed by atoms with E-state index in [4.69, 9.17) is 21.1 Å². The molecule has 31 heavy (non-hydrogen) atoms. The molecule has 1 saturated heterocycles. The number of H-pyrrole nitrogens is 1. The maximum atomic E-state index is 12.8. The first-order valence-corrected chi connectivity index (χ1v) is 10.5. The number of morpholine rings is 1. The van der Waals surface area contributed by atoms with Gasteiger partial charge in [0.15, 0.2) is 5.65 Å². The fraction of sp³-hybridized carbons (Fsp3) is 0.409. The number of fused-ring (bicyclic) bond motifs is 1. The summed E-state index contributed by atoms with van der Waals surface area (Å²) in [6.07, 6.45) is 1.00. The van der Waals surface area contributed by atoms with Gasteiger partial charge in [-0.25, -0.2) is 9.78 Å². The number of amides is 1. The molecule has 9 heteroatoms. The average molecular weight is 445 g/mol. The molecule has 0 spiro atoms. The van der Waals surface area contributed by atoms with Crippen LogP contribution in [0.3, 0.4) is 0 Å². The van der Waals surface area contributed by atoms with Gasteiger partial charge in [0.1, 0.15) is 10.8 Å². The van der Waals surface area contributed by atoms with E-state index in [1.54, 1.807) is 15.5 Å². The molecular formula is C22H25ClN4O4. The number of nitrogens with one attached hydrogen (secondary N) is 1. The molecule has 8 nitrogen and oxygen atoms in total. The minimum Gasteiger partial charge on any atom is -0.444 e. The molecule has 1 aliphatic heterocycles. The second kappa shape index (κ2) is 8.01. The van der Waals surface area contributed by atoms with Crippen molar-refractivity contribution in [2.24, 2.45) is 0 Å². The largest absolute Gasteiger partial charge is 0.444 e. The molecule has 3 heterocycles. The predicted octanol–water partition coefficient (Wildman–Crippen LogP) is 3.98. The summed E-state index contributed by atoms with van der Waals surface area (Å²) in [5.41, 5.74) is 2.37. The lowest BCUT2D eigenvalue weighted by Crippen LogP contribution is -2.45. The molecule has 0 saturated carbocycles. The van der Waals surface area contributed by atoms with Crippen molar-refractivity contribution >= 4 is 28.7 Å². The van der Waals surface area contributed by atoms with Crippen LogP contribution in [-0.4, -0.2) is 50.9 Å². The number of benzene rings is 1. The number of rotatable bonds is 2. The summed E-state index contributed by atoms with van der Waals surface area (Å²) in [5, 5.41) is 0.814. The molecule has 1 N–H and O–H groups in total. The zero-order valence-electron chi connectivity index (χ0n) is 17.9. The Morgan fingerprint density at radius 1 is 1.32 bits per heavy atom. The minimum absolute atomic E-state index is 0.244. The predicted molar refractivity (Wildman–Crippen MR) is 118 cm³/mol. The summed E-state index contributed by atoms with van der Waals surface area (Å²) in [7, 11) is 0. The molecule has 1 aromatic carbocycles. The van der Waals surface area contributed by atoms with E-state index in [2.05, 4.69) is 9.97 Å². The summed E-state index contributed by atoms with van der Waals surface area (Å²) in [5.74, 6) is 0. The van der Waals surface area contributed by atoms with Gasteiger partial charge >= 0.3 is 6.09 Å². The third-order valence-electron chi connectivity index (χ3n) is 5.18. The Kier molecular flexibility index (Phi) is 5.53. The standard InChI is InChI=1S/C22H25ClN4O4/c1-13-9-14(27-18(23)10-16-19(27)24-12-25-20(16)28)5-6-15(13)17-11-30-8-7-26(17)21(29)31-22(2,3)4/h5-6,9-10,12,17H,7-8,11H2,1-4H3,(H,24,25,28)/t17-/m0/s1. The Morgan fingerprint density at radius 3 is 2.81 bits per heavy atom. The van der Waals surface area contributed by atoms with Crippen LogP contribution in [0.5, 0.6) is 0 Å². The van der Waals surface area contributed by atoms with Gasteiger partial charge in [-0.3, -0.25) is 14.3 Å². The number of aromatic amines is 1. The summed E-state index contributed by atoms with van der Waals surface area (Å²) in [6.45, 7) is 8.85. The number of aromatic nitrogens is 3. The lowest BCUT2D eigenvalue weighted by atomic mass is 9.99. The number of carbonyl (C=O) groups excluding carboxylic acids is 1. The van der Waals surface area contributed by atoms with E-state index in [0.717, 1.165) is 16.8 Å². The van der Waals surface area contributed by atoms with Crippen LogP contribution in [0.1, 0.15) is 37.9 Å². The average Bonchev–Trinajstić information content (AvgIpc) is 3.04. The van der Waals surface area contributed by atoms with Crippen molar-refractivity contribution in [3.8, 4) is 5.69 Å². The Bertz CT molecular complexity index is 1190. The molecule has 164 valence electrons. The second-order valence-electron chi connectivity index (χ2n) is 8.58. The van der Waals surface area contributed by atoms with Gasteiger partial charge < -0.3 is 14.5 Å². The quantitative estimate of drug-likeness (QED) is 0.645. The molecule has 0 bridgehead atoms. The van der Waals surface area contributed by atoms with E-state index in [-0.39, 0.29) is 17.7 Å². The Morgan fingerprint density at radius 2 is 2.10 bits per heavy atom. The maximum Gasteiger partial charge on any atom is 0.410 e. The van der Waals surface area contributed by atoms with E-state index in [9.17, 15) is 9.59 Å². The van der Waals surface area contributed by atoms with E-state index in [0.29, 0.717) is 35.9 Å². The Hall–Kier alpha value is -2.84. The summed E-state index contributed by atoms with van der Waals surface area (Å²) in [6, 6.07) is 7.17. The normalized spacial score (nSPS) is 17.2. The number of ether oxygens (including phenoxy) is 2. The van der Waals surface area contributed by atoms with Crippen molar-refractivity contribution in [3.63, 3.8) is 0 Å². The number of carbonyl (C=O) groups is 1. The topological polar surface area (TPSA) is 89.5 Å². The van der Waals surface area contributed by atoms with E-state index in [1.165, 1.54) is 6.33 Å². The highest BCUT2D eigenvalue weighted by molar-refractivity contribution is 6.31. The lowest BCUT2D eigenvalue weighted by Gasteiger charge is -2.37. The van der Waals surface area contributed by atoms with Crippen LogP contribution in [0.2, 0.25) is 5.15 Å². The van der Waals surface area contributed by atoms with Crippen LogP contribution < -0.4 is 5.56 Å². The lowest BCUT2D eigenvalue weighted by molar-refractivity contribution is -0.0332. The molecule has 1 atom stereocenters. The fourth-order valence-corrected chi connectivity index (χ4v) is 4.10. The number of hydrogen-bond donors (Lipinski definition) is 1. The number of aryl methyl sites for hydroxylation is 1. The maximum absolute atomic E-state index is 12.8. The third kappa shape index (κ3) is 4.18. The van der Waals surface area contributed by atoms with Crippen molar-refractivity contribution in [1.82, 2.24) is 19.4 Å². The highest BCUT2D eigenvalue weighted by atomic mass is 35.5. The van der Waals surface area contributed by atoms with Crippen molar-refractivity contribution in [3.05, 3.63) is 57.2 Å². The SMILES string of the molecule is Cc1cc(-n2c(Cl)cc3c(=O)[nH]cnc32)ccc1[C@@H]1COCCN1C(=O)OC(C)(C)C. The van der Waals surface area contributed by atoms with E-state index in [1.807, 2.05) is 45.9 Å². The first-order valence-electron chi connectivity index (χ1n) is 10.1. The van der Waals surface area contributed by atoms with Gasteiger partial charge in [0.25, 0.3) is 5.56 Å². The van der Waals surface area contributed by atoms with Crippen LogP contribution in [0.25, 0.3) is 16.7 Å². The van der Waals surface area contributed by atoms with Crippen LogP contribution >= 0.6 is 11.6 Å². The first kappa shape index (κ1) is 21.4. The van der Waals surface area contributed by atoms with Gasteiger partial charge in [-0.15, -0.1) is 0 Å². The zero-order valence-corrected chi connectivity index (χ0v) is 18.7. The molecular weight excluding hydrogens is 420 g/mol. The zero-order chi connectivity index (χ0) is 22.3. The van der Waals surface area contributed by atoms with E-state index < -0.39 is 5.60 Å². The molecule has 1 fully saturated rings. The van der Waals surface area contributed by atoms with Crippen LogP contribution in [0, 0.1) is 6.92 Å². The Labute approximate surface area is 184 Å². The summed E-state index contributed by atoms with van der Waals surface area (Å²) >= 11 is 6.42. The molecule has 2 aromatic heterocycles. The monoisotopic (exact) mass is 444 g/mol. The third-order valence-corrected chi connectivity index (χ3v) is 5.46. The smallest absolute Gasteiger partial charge is 0.410 e. The molecule has 4 rings (SSSR count). The van der Waals surface area contributed by atoms with Gasteiger partial charge in [-0.05, 0) is 57.0 Å². The minimum atomic E-state index is -0.573. The van der Waals surface area contributed by atoms with Crippen LogP contribution in [-0.2, 0) is 9.47 Å². The van der Waals surface area contributed by atoms with Crippen molar-refractivity contribution < 1.29 is 14.3 Å². The first-order chi connectivity index (χ1) is 14.7. The highest BCUT2D eigenvalue weighted by Gasteiger charge is 2.33.